The van der Waals surface area contributed by atoms with Crippen LogP contribution in [0.15, 0.2) is 45.9 Å². The van der Waals surface area contributed by atoms with Gasteiger partial charge in [-0.05, 0) is 47.1 Å². The molecule has 0 aliphatic rings. The van der Waals surface area contributed by atoms with Gasteiger partial charge in [-0.15, -0.1) is 0 Å². The van der Waals surface area contributed by atoms with E-state index < -0.39 is 0 Å². The summed E-state index contributed by atoms with van der Waals surface area (Å²) in [6, 6.07) is 10.8. The minimum atomic E-state index is -0.323. The van der Waals surface area contributed by atoms with Crippen molar-refractivity contribution in [3.05, 3.63) is 61.3 Å². The maximum absolute atomic E-state index is 12.7. The highest BCUT2D eigenvalue weighted by Gasteiger charge is 2.15. The van der Waals surface area contributed by atoms with Crippen LogP contribution in [0.2, 0.25) is 10.0 Å². The maximum Gasteiger partial charge on any atom is 0.280 e. The predicted molar refractivity (Wildman–Crippen MR) is 110 cm³/mol. The summed E-state index contributed by atoms with van der Waals surface area (Å²) in [7, 11) is 0. The monoisotopic (exact) mass is 472 g/mol. The second-order valence-electron chi connectivity index (χ2n) is 5.34. The Morgan fingerprint density at radius 1 is 1.27 bits per heavy atom. The first-order valence-corrected chi connectivity index (χ1v) is 10.3. The van der Waals surface area contributed by atoms with Gasteiger partial charge in [-0.3, -0.25) is 4.79 Å². The van der Waals surface area contributed by atoms with Crippen molar-refractivity contribution in [1.29, 1.82) is 0 Å². The third kappa shape index (κ3) is 4.05. The predicted octanol–water partition coefficient (Wildman–Crippen LogP) is 5.55. The molecule has 1 amide bonds. The van der Waals surface area contributed by atoms with E-state index in [1.807, 2.05) is 29.7 Å². The molecule has 3 aromatic rings. The van der Waals surface area contributed by atoms with Gasteiger partial charge in [0.15, 0.2) is 4.80 Å². The molecular formula is C18H15BrCl2N2O2S. The molecule has 1 aromatic heterocycles. The Labute approximate surface area is 173 Å². The highest BCUT2D eigenvalue weighted by molar-refractivity contribution is 9.10. The fourth-order valence-corrected chi connectivity index (χ4v) is 4.47. The number of halogens is 3. The molecule has 8 heteroatoms. The molecular weight excluding hydrogens is 459 g/mol. The van der Waals surface area contributed by atoms with Crippen LogP contribution >= 0.6 is 50.5 Å². The van der Waals surface area contributed by atoms with Crippen LogP contribution in [0, 0.1) is 0 Å². The van der Waals surface area contributed by atoms with Crippen LogP contribution in [-0.4, -0.2) is 23.7 Å². The standard InChI is InChI=1S/C18H15BrCl2N2O2S/c1-2-25-10-9-23-16-14(8-7-13(20)15(16)21)26-18(23)22-17(24)11-5-3-4-6-12(11)19/h3-8H,2,9-10H2,1H3. The van der Waals surface area contributed by atoms with Gasteiger partial charge in [0.1, 0.15) is 0 Å². The first-order valence-electron chi connectivity index (χ1n) is 7.91. The third-order valence-corrected chi connectivity index (χ3v) is 6.23. The molecule has 0 aliphatic carbocycles. The number of nitrogens with zero attached hydrogens (tertiary/aromatic N) is 2. The summed E-state index contributed by atoms with van der Waals surface area (Å²) in [6.45, 7) is 3.55. The summed E-state index contributed by atoms with van der Waals surface area (Å²) < 4.78 is 8.97. The van der Waals surface area contributed by atoms with Crippen LogP contribution in [0.5, 0.6) is 0 Å². The maximum atomic E-state index is 12.7. The summed E-state index contributed by atoms with van der Waals surface area (Å²) in [5.74, 6) is -0.323. The van der Waals surface area contributed by atoms with Crippen LogP contribution in [0.4, 0.5) is 0 Å². The molecule has 0 radical (unpaired) electrons. The first kappa shape index (κ1) is 19.6. The van der Waals surface area contributed by atoms with Crippen LogP contribution < -0.4 is 4.80 Å². The molecule has 3 rings (SSSR count). The molecule has 2 aromatic carbocycles. The second kappa shape index (κ2) is 8.67. The van der Waals surface area contributed by atoms with E-state index in [4.69, 9.17) is 27.9 Å². The number of rotatable bonds is 5. The Hall–Kier alpha value is -1.18. The molecule has 1 heterocycles. The normalized spacial score (nSPS) is 12.1. The Bertz CT molecular complexity index is 1030. The number of hydrogen-bond acceptors (Lipinski definition) is 3. The topological polar surface area (TPSA) is 43.6 Å². The molecule has 0 fully saturated rings. The molecule has 0 bridgehead atoms. The molecule has 0 saturated carbocycles. The van der Waals surface area contributed by atoms with E-state index in [2.05, 4.69) is 20.9 Å². The van der Waals surface area contributed by atoms with Crippen LogP contribution in [0.3, 0.4) is 0 Å². The van der Waals surface area contributed by atoms with Gasteiger partial charge in [0.25, 0.3) is 5.91 Å². The number of carbonyl (C=O) groups is 1. The fraction of sp³-hybridized carbons (Fsp3) is 0.222. The largest absolute Gasteiger partial charge is 0.380 e. The van der Waals surface area contributed by atoms with Crippen molar-refractivity contribution in [3.8, 4) is 0 Å². The molecule has 0 N–H and O–H groups in total. The van der Waals surface area contributed by atoms with Crippen molar-refractivity contribution in [2.75, 3.05) is 13.2 Å². The molecule has 0 aliphatic heterocycles. The highest BCUT2D eigenvalue weighted by Crippen LogP contribution is 2.32. The zero-order valence-corrected chi connectivity index (χ0v) is 17.8. The van der Waals surface area contributed by atoms with Crippen LogP contribution in [0.1, 0.15) is 17.3 Å². The van der Waals surface area contributed by atoms with Crippen molar-refractivity contribution in [2.45, 2.75) is 13.5 Å². The fourth-order valence-electron chi connectivity index (χ4n) is 2.48. The van der Waals surface area contributed by atoms with Gasteiger partial charge in [0.05, 0.1) is 32.4 Å². The number of carbonyl (C=O) groups excluding carboxylic acids is 1. The molecule has 4 nitrogen and oxygen atoms in total. The summed E-state index contributed by atoms with van der Waals surface area (Å²) in [4.78, 5) is 17.5. The zero-order valence-electron chi connectivity index (χ0n) is 13.8. The lowest BCUT2D eigenvalue weighted by atomic mass is 10.2. The average Bonchev–Trinajstić information content (AvgIpc) is 2.97. The van der Waals surface area contributed by atoms with Gasteiger partial charge in [-0.1, -0.05) is 46.7 Å². The molecule has 0 atom stereocenters. The number of benzene rings is 2. The van der Waals surface area contributed by atoms with Crippen molar-refractivity contribution in [3.63, 3.8) is 0 Å². The molecule has 0 spiro atoms. The van der Waals surface area contributed by atoms with Gasteiger partial charge in [-0.25, -0.2) is 0 Å². The van der Waals surface area contributed by atoms with E-state index in [0.29, 0.717) is 44.6 Å². The number of aromatic nitrogens is 1. The van der Waals surface area contributed by atoms with E-state index in [9.17, 15) is 4.79 Å². The lowest BCUT2D eigenvalue weighted by Gasteiger charge is -2.07. The van der Waals surface area contributed by atoms with Gasteiger partial charge in [0, 0.05) is 17.6 Å². The van der Waals surface area contributed by atoms with Crippen LogP contribution in [0.25, 0.3) is 10.2 Å². The quantitative estimate of drug-likeness (QED) is 0.456. The molecule has 0 saturated heterocycles. The number of amides is 1. The summed E-state index contributed by atoms with van der Waals surface area (Å²) in [6.07, 6.45) is 0. The van der Waals surface area contributed by atoms with Crippen molar-refractivity contribution in [1.82, 2.24) is 4.57 Å². The average molecular weight is 474 g/mol. The lowest BCUT2D eigenvalue weighted by molar-refractivity contribution is 0.0996. The van der Waals surface area contributed by atoms with Crippen molar-refractivity contribution >= 4 is 66.6 Å². The first-order chi connectivity index (χ1) is 12.5. The number of fused-ring (bicyclic) bond motifs is 1. The Balaban J connectivity index is 2.15. The SMILES string of the molecule is CCOCCn1c(=NC(=O)c2ccccc2Br)sc2ccc(Cl)c(Cl)c21. The van der Waals surface area contributed by atoms with E-state index in [0.717, 1.165) is 10.2 Å². The van der Waals surface area contributed by atoms with Crippen molar-refractivity contribution in [2.24, 2.45) is 4.99 Å². The summed E-state index contributed by atoms with van der Waals surface area (Å²) in [5.41, 5.74) is 1.27. The Kier molecular flexibility index (Phi) is 6.53. The summed E-state index contributed by atoms with van der Waals surface area (Å²) in [5, 5.41) is 0.914. The van der Waals surface area contributed by atoms with Gasteiger partial charge >= 0.3 is 0 Å². The van der Waals surface area contributed by atoms with E-state index in [1.165, 1.54) is 11.3 Å². The molecule has 136 valence electrons. The van der Waals surface area contributed by atoms with E-state index >= 15 is 0 Å². The Morgan fingerprint density at radius 3 is 2.77 bits per heavy atom. The van der Waals surface area contributed by atoms with Gasteiger partial charge in [-0.2, -0.15) is 4.99 Å². The minimum Gasteiger partial charge on any atom is -0.380 e. The second-order valence-corrected chi connectivity index (χ2v) is 7.99. The number of thiazole rings is 1. The number of ether oxygens (including phenoxy) is 1. The van der Waals surface area contributed by atoms with Crippen LogP contribution in [-0.2, 0) is 11.3 Å². The van der Waals surface area contributed by atoms with E-state index in [1.54, 1.807) is 18.2 Å². The number of hydrogen-bond donors (Lipinski definition) is 0. The summed E-state index contributed by atoms with van der Waals surface area (Å²) >= 11 is 17.4. The molecule has 26 heavy (non-hydrogen) atoms. The van der Waals surface area contributed by atoms with Crippen molar-refractivity contribution < 1.29 is 9.53 Å². The minimum absolute atomic E-state index is 0.323. The molecule has 0 unspecified atom stereocenters. The third-order valence-electron chi connectivity index (χ3n) is 3.70. The van der Waals surface area contributed by atoms with Gasteiger partial charge < -0.3 is 9.30 Å². The highest BCUT2D eigenvalue weighted by atomic mass is 79.9. The van der Waals surface area contributed by atoms with Gasteiger partial charge in [0.2, 0.25) is 0 Å². The smallest absolute Gasteiger partial charge is 0.280 e. The van der Waals surface area contributed by atoms with E-state index in [-0.39, 0.29) is 5.91 Å². The Morgan fingerprint density at radius 2 is 2.04 bits per heavy atom. The lowest BCUT2D eigenvalue weighted by Crippen LogP contribution is -2.20. The zero-order chi connectivity index (χ0) is 18.7.